The number of hydrogen-bond acceptors (Lipinski definition) is 1. The highest BCUT2D eigenvalue weighted by Crippen LogP contribution is 2.01. The molecule has 1 aromatic rings. The van der Waals surface area contributed by atoms with Crippen molar-refractivity contribution in [1.82, 2.24) is 0 Å². The summed E-state index contributed by atoms with van der Waals surface area (Å²) in [6.45, 7) is 0. The molecule has 54 valence electrons. The first kappa shape index (κ1) is 8.75. The van der Waals surface area contributed by atoms with Gasteiger partial charge in [-0.2, -0.15) is 0 Å². The van der Waals surface area contributed by atoms with E-state index < -0.39 is 5.82 Å². The van der Waals surface area contributed by atoms with Gasteiger partial charge in [0.2, 0.25) is 0 Å². The van der Waals surface area contributed by atoms with Gasteiger partial charge in [-0.15, -0.1) is 0 Å². The van der Waals surface area contributed by atoms with E-state index in [2.05, 4.69) is 0 Å². The van der Waals surface area contributed by atoms with Crippen molar-refractivity contribution >= 4 is 6.29 Å². The summed E-state index contributed by atoms with van der Waals surface area (Å²) < 4.78 is 12.4. The number of carbonyl (C=O) groups excluding carboxylic acids is 1. The molecule has 1 aromatic carbocycles. The van der Waals surface area contributed by atoms with Crippen molar-refractivity contribution in [3.8, 4) is 0 Å². The second-order valence-electron chi connectivity index (χ2n) is 1.64. The first-order valence-corrected chi connectivity index (χ1v) is 2.54. The molecule has 0 aromatic heterocycles. The van der Waals surface area contributed by atoms with E-state index in [0.29, 0.717) is 6.29 Å². The molecule has 0 aliphatic heterocycles. The van der Waals surface area contributed by atoms with Crippen molar-refractivity contribution in [3.05, 3.63) is 35.6 Å². The fourth-order valence-corrected chi connectivity index (χ4v) is 0.571. The van der Waals surface area contributed by atoms with Crippen LogP contribution in [0.5, 0.6) is 0 Å². The molecule has 0 heterocycles. The van der Waals surface area contributed by atoms with Crippen LogP contribution in [-0.4, -0.2) is 6.29 Å². The van der Waals surface area contributed by atoms with Crippen LogP contribution in [0.4, 0.5) is 9.09 Å². The maximum Gasteiger partial charge on any atom is 0.152 e. The normalized spacial score (nSPS) is 8.10. The second-order valence-corrected chi connectivity index (χ2v) is 1.64. The third-order valence-corrected chi connectivity index (χ3v) is 1.03. The molecule has 0 aliphatic carbocycles. The molecule has 10 heavy (non-hydrogen) atoms. The van der Waals surface area contributed by atoms with Gasteiger partial charge in [-0.25, -0.2) is 4.39 Å². The van der Waals surface area contributed by atoms with Gasteiger partial charge < -0.3 is 0 Å². The van der Waals surface area contributed by atoms with E-state index in [1.807, 2.05) is 0 Å². The number of halogens is 2. The Balaban J connectivity index is 0.000000810. The van der Waals surface area contributed by atoms with Gasteiger partial charge in [-0.05, 0) is 12.1 Å². The minimum absolute atomic E-state index is 0. The Morgan fingerprint density at radius 2 is 1.90 bits per heavy atom. The van der Waals surface area contributed by atoms with Gasteiger partial charge in [0.05, 0.1) is 5.56 Å². The van der Waals surface area contributed by atoms with Gasteiger partial charge in [0.15, 0.2) is 6.29 Å². The number of carbonyl (C=O) groups is 1. The fraction of sp³-hybridized carbons (Fsp3) is 0. The van der Waals surface area contributed by atoms with Gasteiger partial charge in [-0.3, -0.25) is 9.50 Å². The highest BCUT2D eigenvalue weighted by molar-refractivity contribution is 5.74. The molecule has 0 saturated carbocycles. The van der Waals surface area contributed by atoms with Crippen LogP contribution in [0.25, 0.3) is 0 Å². The number of rotatable bonds is 1. The largest absolute Gasteiger partial charge is 0.298 e. The molecule has 0 bridgehead atoms. The van der Waals surface area contributed by atoms with Crippen molar-refractivity contribution in [2.75, 3.05) is 0 Å². The van der Waals surface area contributed by atoms with Crippen LogP contribution in [0.3, 0.4) is 0 Å². The molecule has 1 rings (SSSR count). The lowest BCUT2D eigenvalue weighted by Crippen LogP contribution is -1.83. The summed E-state index contributed by atoms with van der Waals surface area (Å²) in [5.41, 5.74) is 0.109. The standard InChI is InChI=1S/C7H5FO.FH/c8-7-4-2-1-3-6(7)5-9;/h1-5H;1H. The molecule has 0 saturated heterocycles. The van der Waals surface area contributed by atoms with Gasteiger partial charge in [0.1, 0.15) is 5.82 Å². The van der Waals surface area contributed by atoms with Crippen molar-refractivity contribution in [2.45, 2.75) is 0 Å². The molecular formula is C7H6F2O. The van der Waals surface area contributed by atoms with E-state index in [4.69, 9.17) is 0 Å². The van der Waals surface area contributed by atoms with Crippen LogP contribution >= 0.6 is 0 Å². The van der Waals surface area contributed by atoms with Crippen molar-refractivity contribution in [2.24, 2.45) is 0 Å². The predicted molar refractivity (Wildman–Crippen MR) is 34.3 cm³/mol. The van der Waals surface area contributed by atoms with Crippen molar-refractivity contribution < 1.29 is 13.9 Å². The quantitative estimate of drug-likeness (QED) is 0.549. The van der Waals surface area contributed by atoms with Gasteiger partial charge >= 0.3 is 0 Å². The topological polar surface area (TPSA) is 17.1 Å². The predicted octanol–water partition coefficient (Wildman–Crippen LogP) is 1.79. The molecule has 0 N–H and O–H groups in total. The zero-order valence-electron chi connectivity index (χ0n) is 5.08. The first-order chi connectivity index (χ1) is 4.34. The average Bonchev–Trinajstić information content (AvgIpc) is 1.89. The third kappa shape index (κ3) is 1.62. The van der Waals surface area contributed by atoms with Crippen LogP contribution < -0.4 is 0 Å². The van der Waals surface area contributed by atoms with E-state index in [-0.39, 0.29) is 10.3 Å². The number of aldehydes is 1. The molecule has 0 spiro atoms. The summed E-state index contributed by atoms with van der Waals surface area (Å²) in [5, 5.41) is 0. The van der Waals surface area contributed by atoms with E-state index in [1.54, 1.807) is 12.1 Å². The van der Waals surface area contributed by atoms with Gasteiger partial charge in [-0.1, -0.05) is 12.1 Å². The summed E-state index contributed by atoms with van der Waals surface area (Å²) in [5.74, 6) is -0.465. The lowest BCUT2D eigenvalue weighted by molar-refractivity contribution is 0.112. The maximum atomic E-state index is 12.4. The molecule has 3 heteroatoms. The summed E-state index contributed by atoms with van der Waals surface area (Å²) in [6.07, 6.45) is 0.495. The molecule has 0 amide bonds. The average molecular weight is 144 g/mol. The van der Waals surface area contributed by atoms with Crippen LogP contribution in [0, 0.1) is 5.82 Å². The summed E-state index contributed by atoms with van der Waals surface area (Å²) >= 11 is 0. The Kier molecular flexibility index (Phi) is 3.25. The van der Waals surface area contributed by atoms with Crippen LogP contribution in [0.2, 0.25) is 0 Å². The molecule has 0 atom stereocenters. The van der Waals surface area contributed by atoms with E-state index in [1.165, 1.54) is 12.1 Å². The van der Waals surface area contributed by atoms with Gasteiger partial charge in [0.25, 0.3) is 0 Å². The number of hydrogen-bond donors (Lipinski definition) is 0. The Hall–Kier alpha value is -1.25. The minimum Gasteiger partial charge on any atom is -0.298 e. The minimum atomic E-state index is -0.465. The monoisotopic (exact) mass is 144 g/mol. The van der Waals surface area contributed by atoms with E-state index in [9.17, 15) is 9.18 Å². The SMILES string of the molecule is F.O=Cc1ccccc1F. The summed E-state index contributed by atoms with van der Waals surface area (Å²) in [4.78, 5) is 9.99. The lowest BCUT2D eigenvalue weighted by Gasteiger charge is -1.88. The molecule has 0 unspecified atom stereocenters. The third-order valence-electron chi connectivity index (χ3n) is 1.03. The summed E-state index contributed by atoms with van der Waals surface area (Å²) in [6, 6.07) is 5.85. The fourth-order valence-electron chi connectivity index (χ4n) is 0.571. The zero-order chi connectivity index (χ0) is 6.69. The Bertz CT molecular complexity index is 223. The van der Waals surface area contributed by atoms with E-state index in [0.717, 1.165) is 0 Å². The lowest BCUT2D eigenvalue weighted by atomic mass is 10.2. The molecular weight excluding hydrogens is 138 g/mol. The van der Waals surface area contributed by atoms with Crippen molar-refractivity contribution in [1.29, 1.82) is 0 Å². The molecule has 0 aliphatic rings. The van der Waals surface area contributed by atoms with Crippen LogP contribution in [0.15, 0.2) is 24.3 Å². The first-order valence-electron chi connectivity index (χ1n) is 2.54. The summed E-state index contributed by atoms with van der Waals surface area (Å²) in [7, 11) is 0. The van der Waals surface area contributed by atoms with E-state index >= 15 is 0 Å². The molecule has 0 fully saturated rings. The zero-order valence-corrected chi connectivity index (χ0v) is 5.08. The van der Waals surface area contributed by atoms with Crippen LogP contribution in [0.1, 0.15) is 10.4 Å². The Labute approximate surface area is 56.9 Å². The smallest absolute Gasteiger partial charge is 0.152 e. The molecule has 1 nitrogen and oxygen atoms in total. The van der Waals surface area contributed by atoms with Crippen LogP contribution in [-0.2, 0) is 0 Å². The number of benzene rings is 1. The highest BCUT2D eigenvalue weighted by atomic mass is 19.1. The highest BCUT2D eigenvalue weighted by Gasteiger charge is 1.94. The second kappa shape index (κ2) is 3.71. The maximum absolute atomic E-state index is 12.4. The van der Waals surface area contributed by atoms with Gasteiger partial charge in [0, 0.05) is 0 Å². The Morgan fingerprint density at radius 3 is 2.30 bits per heavy atom. The Morgan fingerprint density at radius 1 is 1.30 bits per heavy atom. The van der Waals surface area contributed by atoms with Crippen molar-refractivity contribution in [3.63, 3.8) is 0 Å². The molecule has 0 radical (unpaired) electrons.